The molecule has 0 N–H and O–H groups in total. The second-order valence-corrected chi connectivity index (χ2v) is 9.10. The van der Waals surface area contributed by atoms with E-state index in [1.807, 2.05) is 6.33 Å². The molecule has 0 aromatic carbocycles. The van der Waals surface area contributed by atoms with E-state index in [9.17, 15) is 0 Å². The summed E-state index contributed by atoms with van der Waals surface area (Å²) in [4.78, 5) is 9.59. The van der Waals surface area contributed by atoms with Crippen molar-refractivity contribution in [2.45, 2.75) is 85.2 Å². The van der Waals surface area contributed by atoms with Gasteiger partial charge in [-0.3, -0.25) is 0 Å². The van der Waals surface area contributed by atoms with Crippen LogP contribution in [-0.2, 0) is 0 Å². The third-order valence-corrected chi connectivity index (χ3v) is 6.58. The van der Waals surface area contributed by atoms with E-state index in [0.29, 0.717) is 18.0 Å². The lowest BCUT2D eigenvalue weighted by atomic mass is 9.91. The fourth-order valence-electron chi connectivity index (χ4n) is 4.12. The molecule has 2 unspecified atom stereocenters. The van der Waals surface area contributed by atoms with Crippen LogP contribution < -0.4 is 0 Å². The number of hydrogen-bond donors (Lipinski definition) is 0. The Bertz CT molecular complexity index is 644. The van der Waals surface area contributed by atoms with Crippen molar-refractivity contribution < 1.29 is 0 Å². The predicted octanol–water partition coefficient (Wildman–Crippen LogP) is 6.60. The van der Waals surface area contributed by atoms with Crippen molar-refractivity contribution in [3.05, 3.63) is 17.6 Å². The Kier molecular flexibility index (Phi) is 8.33. The topological polar surface area (TPSA) is 33.4 Å². The number of aliphatic imine (C=N–C) groups is 1. The van der Waals surface area contributed by atoms with Crippen molar-refractivity contribution in [1.82, 2.24) is 12.7 Å². The summed E-state index contributed by atoms with van der Waals surface area (Å²) in [6.45, 7) is 11.4. The number of aromatic nitrogens is 2. The van der Waals surface area contributed by atoms with Crippen LogP contribution in [0.1, 0.15) is 84.9 Å². The maximum Gasteiger partial charge on any atom is 0.159 e. The maximum atomic E-state index is 4.82. The van der Waals surface area contributed by atoms with Crippen molar-refractivity contribution in [2.75, 3.05) is 7.05 Å². The van der Waals surface area contributed by atoms with Crippen LogP contribution in [-0.4, -0.2) is 32.0 Å². The van der Waals surface area contributed by atoms with Gasteiger partial charge >= 0.3 is 0 Å². The van der Waals surface area contributed by atoms with E-state index in [1.165, 1.54) is 24.0 Å². The van der Waals surface area contributed by atoms with Gasteiger partial charge in [-0.05, 0) is 51.1 Å². The molecule has 4 nitrogen and oxygen atoms in total. The Balaban J connectivity index is 2.33. The van der Waals surface area contributed by atoms with E-state index >= 15 is 0 Å². The van der Waals surface area contributed by atoms with E-state index in [2.05, 4.69) is 78.4 Å². The molecule has 0 saturated heterocycles. The molecule has 2 heterocycles. The van der Waals surface area contributed by atoms with Gasteiger partial charge in [0.05, 0.1) is 6.33 Å². The summed E-state index contributed by atoms with van der Waals surface area (Å²) in [5.41, 5.74) is 3.85. The lowest BCUT2D eigenvalue weighted by Crippen LogP contribution is -2.33. The summed E-state index contributed by atoms with van der Waals surface area (Å²) in [5, 5.41) is 0. The summed E-state index contributed by atoms with van der Waals surface area (Å²) in [5.74, 6) is 1.74. The molecule has 3 atom stereocenters. The number of nitrogens with zero attached hydrogens (tertiary/aromatic N) is 4. The molecule has 1 aromatic heterocycles. The molecule has 0 saturated carbocycles. The van der Waals surface area contributed by atoms with Crippen LogP contribution >= 0.6 is 22.9 Å². The van der Waals surface area contributed by atoms with Gasteiger partial charge in [0, 0.05) is 47.6 Å². The van der Waals surface area contributed by atoms with Gasteiger partial charge in [0.1, 0.15) is 5.69 Å². The Labute approximate surface area is 173 Å². The van der Waals surface area contributed by atoms with Crippen molar-refractivity contribution in [2.24, 2.45) is 10.9 Å². The molecular formula is C21H35IN4. The Morgan fingerprint density at radius 2 is 2.04 bits per heavy atom. The Morgan fingerprint density at radius 3 is 2.62 bits per heavy atom. The SMILES string of the molecule is CCCC(C)[C@H](CC(CC)n1cnc2c1N=CCC(CC)=C2C)N(C)I. The van der Waals surface area contributed by atoms with Gasteiger partial charge in [-0.2, -0.15) is 0 Å². The average molecular weight is 470 g/mol. The van der Waals surface area contributed by atoms with Crippen molar-refractivity contribution in [3.8, 4) is 0 Å². The van der Waals surface area contributed by atoms with Crippen LogP contribution in [0.2, 0.25) is 0 Å². The number of imidazole rings is 1. The summed E-state index contributed by atoms with van der Waals surface area (Å²) in [6, 6.07) is 0.997. The highest BCUT2D eigenvalue weighted by molar-refractivity contribution is 14.1. The van der Waals surface area contributed by atoms with Gasteiger partial charge in [-0.15, -0.1) is 0 Å². The van der Waals surface area contributed by atoms with Crippen LogP contribution in [0.4, 0.5) is 5.82 Å². The zero-order chi connectivity index (χ0) is 19.3. The van der Waals surface area contributed by atoms with E-state index in [4.69, 9.17) is 9.98 Å². The lowest BCUT2D eigenvalue weighted by molar-refractivity contribution is 0.247. The minimum atomic E-state index is 0.431. The highest BCUT2D eigenvalue weighted by Crippen LogP contribution is 2.36. The van der Waals surface area contributed by atoms with Gasteiger partial charge in [-0.25, -0.2) is 13.1 Å². The third-order valence-electron chi connectivity index (χ3n) is 5.87. The summed E-state index contributed by atoms with van der Waals surface area (Å²) in [7, 11) is 2.21. The van der Waals surface area contributed by atoms with Crippen LogP contribution in [0, 0.1) is 5.92 Å². The minimum Gasteiger partial charge on any atom is -0.312 e. The monoisotopic (exact) mass is 470 g/mol. The fourth-order valence-corrected chi connectivity index (χ4v) is 4.89. The number of rotatable bonds is 9. The molecule has 0 spiro atoms. The minimum absolute atomic E-state index is 0.431. The lowest BCUT2D eigenvalue weighted by Gasteiger charge is -2.32. The van der Waals surface area contributed by atoms with Gasteiger partial charge < -0.3 is 4.57 Å². The molecule has 0 aliphatic carbocycles. The standard InChI is InChI=1S/C21H35IN4/c1-7-10-15(4)19(25(6)22)13-18(9-3)26-14-24-20-16(5)17(8-2)11-12-23-21(20)26/h12,14-15,18-19H,7-11,13H2,1-6H3/t15?,18?,19-/m0/s1. The molecule has 0 radical (unpaired) electrons. The van der Waals surface area contributed by atoms with E-state index in [1.54, 1.807) is 0 Å². The quantitative estimate of drug-likeness (QED) is 0.301. The highest BCUT2D eigenvalue weighted by atomic mass is 127. The third kappa shape index (κ3) is 4.77. The summed E-state index contributed by atoms with van der Waals surface area (Å²) >= 11 is 2.46. The maximum absolute atomic E-state index is 4.82. The number of allylic oxidation sites excluding steroid dienone is 2. The van der Waals surface area contributed by atoms with Crippen molar-refractivity contribution >= 4 is 40.5 Å². The van der Waals surface area contributed by atoms with Crippen LogP contribution in [0.3, 0.4) is 0 Å². The summed E-state index contributed by atoms with van der Waals surface area (Å²) < 4.78 is 4.71. The molecule has 0 bridgehead atoms. The molecule has 1 aliphatic heterocycles. The first-order valence-corrected chi connectivity index (χ1v) is 11.1. The number of halogens is 1. The Morgan fingerprint density at radius 1 is 1.31 bits per heavy atom. The molecular weight excluding hydrogens is 435 g/mol. The molecule has 1 aromatic rings. The highest BCUT2D eigenvalue weighted by Gasteiger charge is 2.27. The molecule has 0 fully saturated rings. The van der Waals surface area contributed by atoms with Gasteiger partial charge in [0.2, 0.25) is 0 Å². The van der Waals surface area contributed by atoms with Crippen molar-refractivity contribution in [1.29, 1.82) is 0 Å². The smallest absolute Gasteiger partial charge is 0.159 e. The molecule has 146 valence electrons. The van der Waals surface area contributed by atoms with Gasteiger partial charge in [0.25, 0.3) is 0 Å². The second kappa shape index (κ2) is 10.0. The second-order valence-electron chi connectivity index (χ2n) is 7.58. The van der Waals surface area contributed by atoms with Crippen molar-refractivity contribution in [3.63, 3.8) is 0 Å². The van der Waals surface area contributed by atoms with E-state index in [0.717, 1.165) is 37.2 Å². The molecule has 1 aliphatic rings. The van der Waals surface area contributed by atoms with Gasteiger partial charge in [-0.1, -0.05) is 39.7 Å². The zero-order valence-corrected chi connectivity index (χ0v) is 19.5. The zero-order valence-electron chi connectivity index (χ0n) is 17.3. The van der Waals surface area contributed by atoms with Gasteiger partial charge in [0.15, 0.2) is 5.82 Å². The first kappa shape index (κ1) is 21.6. The van der Waals surface area contributed by atoms with Crippen LogP contribution in [0.25, 0.3) is 5.57 Å². The first-order chi connectivity index (χ1) is 12.4. The first-order valence-electron chi connectivity index (χ1n) is 10.1. The van der Waals surface area contributed by atoms with E-state index < -0.39 is 0 Å². The number of fused-ring (bicyclic) bond motifs is 1. The molecule has 2 rings (SSSR count). The summed E-state index contributed by atoms with van der Waals surface area (Å²) in [6.07, 6.45) is 10.9. The van der Waals surface area contributed by atoms with Crippen LogP contribution in [0.5, 0.6) is 0 Å². The van der Waals surface area contributed by atoms with E-state index in [-0.39, 0.29) is 0 Å². The largest absolute Gasteiger partial charge is 0.312 e. The molecule has 0 amide bonds. The Hall–Kier alpha value is -0.690. The predicted molar refractivity (Wildman–Crippen MR) is 121 cm³/mol. The average Bonchev–Trinajstić information content (AvgIpc) is 2.95. The molecule has 26 heavy (non-hydrogen) atoms. The van der Waals surface area contributed by atoms with Crippen LogP contribution in [0.15, 0.2) is 16.9 Å². The fraction of sp³-hybridized carbons (Fsp3) is 0.714. The molecule has 5 heteroatoms. The number of hydrogen-bond acceptors (Lipinski definition) is 3. The normalized spacial score (nSPS) is 18.0.